The lowest BCUT2D eigenvalue weighted by Gasteiger charge is -2.39. The van der Waals surface area contributed by atoms with Crippen molar-refractivity contribution in [1.82, 2.24) is 15.2 Å². The Bertz CT molecular complexity index is 494. The zero-order chi connectivity index (χ0) is 12.4. The first-order valence-corrected chi connectivity index (χ1v) is 5.79. The van der Waals surface area contributed by atoms with Crippen LogP contribution in [0.1, 0.15) is 19.8 Å². The predicted octanol–water partition coefficient (Wildman–Crippen LogP) is -0.978. The maximum atomic E-state index is 11.7. The Hall–Kier alpha value is -1.63. The second-order valence-electron chi connectivity index (χ2n) is 4.45. The third-order valence-electron chi connectivity index (χ3n) is 3.32. The highest BCUT2D eigenvalue weighted by Crippen LogP contribution is 2.24. The van der Waals surface area contributed by atoms with E-state index < -0.39 is 11.2 Å². The lowest BCUT2D eigenvalue weighted by molar-refractivity contribution is 0.346. The van der Waals surface area contributed by atoms with E-state index in [-0.39, 0.29) is 11.9 Å². The smallest absolute Gasteiger partial charge is 0.342 e. The second-order valence-corrected chi connectivity index (χ2v) is 4.45. The van der Waals surface area contributed by atoms with E-state index in [9.17, 15) is 9.59 Å². The third-order valence-corrected chi connectivity index (χ3v) is 3.32. The molecule has 1 aromatic rings. The van der Waals surface area contributed by atoms with Crippen molar-refractivity contribution < 1.29 is 0 Å². The summed E-state index contributed by atoms with van der Waals surface area (Å²) >= 11 is 0. The molecule has 1 saturated heterocycles. The van der Waals surface area contributed by atoms with Gasteiger partial charge in [0, 0.05) is 19.1 Å². The van der Waals surface area contributed by atoms with Gasteiger partial charge >= 0.3 is 5.69 Å². The number of nitrogens with zero attached hydrogens (tertiary/aromatic N) is 2. The summed E-state index contributed by atoms with van der Waals surface area (Å²) in [5.74, 6) is 0.675. The molecule has 2 heterocycles. The Labute approximate surface area is 98.0 Å². The number of hydrogen-bond acceptors (Lipinski definition) is 5. The van der Waals surface area contributed by atoms with Crippen LogP contribution in [0.4, 0.5) is 5.82 Å². The first-order valence-electron chi connectivity index (χ1n) is 5.79. The zero-order valence-electron chi connectivity index (χ0n) is 9.77. The average molecular weight is 239 g/mol. The van der Waals surface area contributed by atoms with Crippen LogP contribution < -0.4 is 21.9 Å². The minimum atomic E-state index is -0.590. The number of aromatic nitrogens is 3. The number of hydrogen-bond donors (Lipinski definition) is 3. The van der Waals surface area contributed by atoms with Crippen molar-refractivity contribution in [2.24, 2.45) is 11.7 Å². The Morgan fingerprint density at radius 2 is 2.29 bits per heavy atom. The number of anilines is 1. The zero-order valence-corrected chi connectivity index (χ0v) is 9.77. The van der Waals surface area contributed by atoms with Gasteiger partial charge < -0.3 is 10.6 Å². The Kier molecular flexibility index (Phi) is 3.28. The summed E-state index contributed by atoms with van der Waals surface area (Å²) < 4.78 is 0. The fourth-order valence-electron chi connectivity index (χ4n) is 2.41. The van der Waals surface area contributed by atoms with Gasteiger partial charge in [0.2, 0.25) is 5.82 Å². The van der Waals surface area contributed by atoms with E-state index in [1.807, 2.05) is 4.90 Å². The Morgan fingerprint density at radius 3 is 2.94 bits per heavy atom. The van der Waals surface area contributed by atoms with Gasteiger partial charge in [-0.05, 0) is 18.8 Å². The first-order chi connectivity index (χ1) is 8.13. The standard InChI is InChI=1S/C10H17N5O2/c1-6-3-2-4-15(7(6)5-11)8-9(16)12-10(17)14-13-8/h6-7H,2-5,11H2,1H3,(H2,12,14,16,17). The molecule has 17 heavy (non-hydrogen) atoms. The molecule has 0 spiro atoms. The molecule has 0 amide bonds. The maximum Gasteiger partial charge on any atom is 0.342 e. The van der Waals surface area contributed by atoms with Gasteiger partial charge in [0.25, 0.3) is 5.56 Å². The molecule has 7 nitrogen and oxygen atoms in total. The predicted molar refractivity (Wildman–Crippen MR) is 64.1 cm³/mol. The molecule has 0 saturated carbocycles. The van der Waals surface area contributed by atoms with Gasteiger partial charge in [0.15, 0.2) is 0 Å². The van der Waals surface area contributed by atoms with Gasteiger partial charge in [0.05, 0.1) is 0 Å². The summed E-state index contributed by atoms with van der Waals surface area (Å²) in [5.41, 5.74) is 4.70. The number of piperidine rings is 1. The number of rotatable bonds is 2. The second kappa shape index (κ2) is 4.70. The number of H-pyrrole nitrogens is 2. The van der Waals surface area contributed by atoms with Crippen LogP contribution in [0.5, 0.6) is 0 Å². The summed E-state index contributed by atoms with van der Waals surface area (Å²) in [5, 5.41) is 6.08. The molecule has 1 aliphatic rings. The van der Waals surface area contributed by atoms with Crippen LogP contribution in [0.3, 0.4) is 0 Å². The minimum absolute atomic E-state index is 0.100. The van der Waals surface area contributed by atoms with Crippen LogP contribution in [0.15, 0.2) is 9.59 Å². The van der Waals surface area contributed by atoms with Crippen molar-refractivity contribution in [3.8, 4) is 0 Å². The van der Waals surface area contributed by atoms with Gasteiger partial charge in [-0.2, -0.15) is 0 Å². The highest BCUT2D eigenvalue weighted by Gasteiger charge is 2.29. The summed E-state index contributed by atoms with van der Waals surface area (Å²) in [6.45, 7) is 3.33. The minimum Gasteiger partial charge on any atom is -0.346 e. The topological polar surface area (TPSA) is 108 Å². The first kappa shape index (κ1) is 11.8. The van der Waals surface area contributed by atoms with Crippen LogP contribution in [-0.4, -0.2) is 34.3 Å². The molecule has 94 valence electrons. The van der Waals surface area contributed by atoms with Crippen molar-refractivity contribution in [3.63, 3.8) is 0 Å². The SMILES string of the molecule is CC1CCCN(c2n[nH]c(=O)[nH]c2=O)C1CN. The molecule has 2 unspecified atom stereocenters. The molecule has 4 N–H and O–H groups in total. The van der Waals surface area contributed by atoms with E-state index in [4.69, 9.17) is 5.73 Å². The normalized spacial score (nSPS) is 24.9. The summed E-state index contributed by atoms with van der Waals surface area (Å²) in [6.07, 6.45) is 2.09. The largest absolute Gasteiger partial charge is 0.346 e. The van der Waals surface area contributed by atoms with Gasteiger partial charge in [-0.1, -0.05) is 6.92 Å². The lowest BCUT2D eigenvalue weighted by atomic mass is 9.91. The molecule has 7 heteroatoms. The maximum absolute atomic E-state index is 11.7. The Balaban J connectivity index is 2.37. The van der Waals surface area contributed by atoms with E-state index in [2.05, 4.69) is 22.1 Å². The van der Waals surface area contributed by atoms with Gasteiger partial charge in [-0.25, -0.2) is 9.89 Å². The molecule has 0 aliphatic carbocycles. The highest BCUT2D eigenvalue weighted by atomic mass is 16.2. The van der Waals surface area contributed by atoms with Crippen LogP contribution in [0.25, 0.3) is 0 Å². The Morgan fingerprint density at radius 1 is 1.53 bits per heavy atom. The molecule has 2 atom stereocenters. The molecule has 1 aromatic heterocycles. The van der Waals surface area contributed by atoms with Crippen molar-refractivity contribution in [1.29, 1.82) is 0 Å². The van der Waals surface area contributed by atoms with Crippen LogP contribution in [0, 0.1) is 5.92 Å². The van der Waals surface area contributed by atoms with Crippen LogP contribution in [0.2, 0.25) is 0 Å². The molecule has 2 rings (SSSR count). The molecule has 0 aromatic carbocycles. The average Bonchev–Trinajstić information content (AvgIpc) is 2.29. The van der Waals surface area contributed by atoms with Crippen molar-refractivity contribution in [2.45, 2.75) is 25.8 Å². The van der Waals surface area contributed by atoms with E-state index in [1.165, 1.54) is 0 Å². The van der Waals surface area contributed by atoms with Gasteiger partial charge in [-0.3, -0.25) is 9.78 Å². The molecule has 1 aliphatic heterocycles. The van der Waals surface area contributed by atoms with Crippen molar-refractivity contribution in [3.05, 3.63) is 20.8 Å². The molecular formula is C10H17N5O2. The van der Waals surface area contributed by atoms with Gasteiger partial charge in [-0.15, -0.1) is 5.10 Å². The molecule has 1 fully saturated rings. The highest BCUT2D eigenvalue weighted by molar-refractivity contribution is 5.37. The number of nitrogens with one attached hydrogen (secondary N) is 2. The van der Waals surface area contributed by atoms with E-state index >= 15 is 0 Å². The van der Waals surface area contributed by atoms with Gasteiger partial charge in [0.1, 0.15) is 0 Å². The molecule has 0 bridgehead atoms. The van der Waals surface area contributed by atoms with E-state index in [0.29, 0.717) is 12.5 Å². The molecular weight excluding hydrogens is 222 g/mol. The van der Waals surface area contributed by atoms with Crippen LogP contribution in [-0.2, 0) is 0 Å². The monoisotopic (exact) mass is 239 g/mol. The van der Waals surface area contributed by atoms with E-state index in [1.54, 1.807) is 0 Å². The van der Waals surface area contributed by atoms with Crippen LogP contribution >= 0.6 is 0 Å². The molecule has 0 radical (unpaired) electrons. The fourth-order valence-corrected chi connectivity index (χ4v) is 2.41. The number of nitrogens with two attached hydrogens (primary N) is 1. The lowest BCUT2D eigenvalue weighted by Crippen LogP contribution is -2.51. The summed E-state index contributed by atoms with van der Waals surface area (Å²) in [7, 11) is 0. The summed E-state index contributed by atoms with van der Waals surface area (Å²) in [6, 6.07) is 0.100. The van der Waals surface area contributed by atoms with Crippen molar-refractivity contribution in [2.75, 3.05) is 18.0 Å². The summed E-state index contributed by atoms with van der Waals surface area (Å²) in [4.78, 5) is 26.7. The third kappa shape index (κ3) is 2.23. The van der Waals surface area contributed by atoms with Crippen molar-refractivity contribution >= 4 is 5.82 Å². The fraction of sp³-hybridized carbons (Fsp3) is 0.700. The van der Waals surface area contributed by atoms with E-state index in [0.717, 1.165) is 19.4 Å². The quantitative estimate of drug-likeness (QED) is 0.615. The number of aromatic amines is 2.